The fourth-order valence-corrected chi connectivity index (χ4v) is 5.53. The normalized spacial score (nSPS) is 32.3. The Hall–Kier alpha value is -3.16. The van der Waals surface area contributed by atoms with Crippen molar-refractivity contribution in [2.75, 3.05) is 7.11 Å². The fraction of sp³-hybridized carbons (Fsp3) is 0.423. The molecule has 0 unspecified atom stereocenters. The summed E-state index contributed by atoms with van der Waals surface area (Å²) in [5.41, 5.74) is -1.51. The highest BCUT2D eigenvalue weighted by atomic mass is 19.3. The number of alkyl halides is 2. The molecule has 2 aromatic rings. The maximum atomic E-state index is 15.2. The lowest BCUT2D eigenvalue weighted by molar-refractivity contribution is -0.207. The Morgan fingerprint density at radius 2 is 1.94 bits per heavy atom. The molecule has 180 valence electrons. The molecule has 1 aromatic heterocycles. The quantitative estimate of drug-likeness (QED) is 0.445. The fourth-order valence-electron chi connectivity index (χ4n) is 5.53. The predicted octanol–water partition coefficient (Wildman–Crippen LogP) is 5.30. The number of ether oxygens (including phenoxy) is 2. The Bertz CT molecular complexity index is 1140. The van der Waals surface area contributed by atoms with Gasteiger partial charge in [0.25, 0.3) is 5.92 Å². The number of allylic oxidation sites excluding steroid dienone is 1. The molecule has 2 heterocycles. The molecular formula is C26H26F3NO4. The van der Waals surface area contributed by atoms with Crippen molar-refractivity contribution in [3.63, 3.8) is 0 Å². The average molecular weight is 473 g/mol. The van der Waals surface area contributed by atoms with Gasteiger partial charge < -0.3 is 9.47 Å². The number of carbonyl (C=O) groups is 2. The molecule has 0 spiro atoms. The second-order valence-electron chi connectivity index (χ2n) is 9.32. The van der Waals surface area contributed by atoms with Gasteiger partial charge >= 0.3 is 11.9 Å². The second kappa shape index (κ2) is 8.25. The lowest BCUT2D eigenvalue weighted by Crippen LogP contribution is -2.63. The molecule has 0 radical (unpaired) electrons. The van der Waals surface area contributed by atoms with E-state index in [9.17, 15) is 14.0 Å². The Morgan fingerprint density at radius 3 is 2.56 bits per heavy atom. The minimum absolute atomic E-state index is 0.363. The summed E-state index contributed by atoms with van der Waals surface area (Å²) in [4.78, 5) is 30.0. The molecule has 1 aromatic carbocycles. The molecule has 4 rings (SSSR count). The van der Waals surface area contributed by atoms with Crippen LogP contribution in [0.1, 0.15) is 32.9 Å². The SMILES string of the molecule is COC(=O)[C@@]12CC(F)(F)[C@@H](C)[C@H](/C=C/c3ccc(-c4cccc(F)c4)cn3)[C@]1(C)[C@@H](C)OC2=O. The minimum Gasteiger partial charge on any atom is -0.468 e. The standard InChI is InChI=1S/C26H26F3NO4/c1-15-21(11-10-20-9-8-18(13-30-20)17-6-5-7-19(27)12-17)24(3)16(2)34-23(32)25(24,22(31)33-4)14-26(15,28)29/h5-13,15-16,21H,14H2,1-4H3/b11-10+/t15-,16+,21-,24-,25+/m0/s1. The third-order valence-corrected chi connectivity index (χ3v) is 7.75. The summed E-state index contributed by atoms with van der Waals surface area (Å²) in [7, 11) is 1.08. The topological polar surface area (TPSA) is 65.5 Å². The first-order valence-electron chi connectivity index (χ1n) is 11.0. The molecule has 34 heavy (non-hydrogen) atoms. The average Bonchev–Trinajstić information content (AvgIpc) is 2.99. The smallest absolute Gasteiger partial charge is 0.324 e. The molecule has 0 amide bonds. The first-order valence-corrected chi connectivity index (χ1v) is 11.0. The zero-order chi connectivity index (χ0) is 24.9. The monoisotopic (exact) mass is 473 g/mol. The molecular weight excluding hydrogens is 447 g/mol. The van der Waals surface area contributed by atoms with E-state index < -0.39 is 53.1 Å². The number of benzene rings is 1. The third-order valence-electron chi connectivity index (χ3n) is 7.75. The van der Waals surface area contributed by atoms with Crippen molar-refractivity contribution in [2.24, 2.45) is 22.7 Å². The molecule has 2 fully saturated rings. The van der Waals surface area contributed by atoms with E-state index in [1.165, 1.54) is 19.1 Å². The van der Waals surface area contributed by atoms with Crippen LogP contribution in [-0.2, 0) is 19.1 Å². The lowest BCUT2D eigenvalue weighted by Gasteiger charge is -2.52. The number of cyclic esters (lactones) is 1. The maximum Gasteiger partial charge on any atom is 0.324 e. The highest BCUT2D eigenvalue weighted by Crippen LogP contribution is 2.66. The van der Waals surface area contributed by atoms with Gasteiger partial charge in [-0.25, -0.2) is 13.2 Å². The van der Waals surface area contributed by atoms with E-state index in [-0.39, 0.29) is 5.82 Å². The highest BCUT2D eigenvalue weighted by Gasteiger charge is 2.78. The van der Waals surface area contributed by atoms with E-state index in [0.29, 0.717) is 16.8 Å². The van der Waals surface area contributed by atoms with E-state index in [0.717, 1.165) is 7.11 Å². The van der Waals surface area contributed by atoms with Crippen LogP contribution in [0.25, 0.3) is 17.2 Å². The highest BCUT2D eigenvalue weighted by molar-refractivity contribution is 6.03. The van der Waals surface area contributed by atoms with E-state index >= 15 is 8.78 Å². The number of hydrogen-bond donors (Lipinski definition) is 0. The summed E-state index contributed by atoms with van der Waals surface area (Å²) < 4.78 is 54.1. The van der Waals surface area contributed by atoms with Crippen molar-refractivity contribution in [1.82, 2.24) is 4.98 Å². The summed E-state index contributed by atoms with van der Waals surface area (Å²) in [5.74, 6) is -7.71. The molecule has 0 N–H and O–H groups in total. The number of carbonyl (C=O) groups excluding carboxylic acids is 2. The van der Waals surface area contributed by atoms with Gasteiger partial charge in [-0.3, -0.25) is 14.6 Å². The summed E-state index contributed by atoms with van der Waals surface area (Å²) in [5, 5.41) is 0. The van der Waals surface area contributed by atoms with Crippen molar-refractivity contribution >= 4 is 18.0 Å². The number of esters is 2. The summed E-state index contributed by atoms with van der Waals surface area (Å²) in [6.45, 7) is 4.67. The molecule has 1 aliphatic carbocycles. The molecule has 0 bridgehead atoms. The van der Waals surface area contributed by atoms with Crippen LogP contribution in [0, 0.1) is 28.5 Å². The van der Waals surface area contributed by atoms with E-state index in [1.54, 1.807) is 56.5 Å². The number of rotatable bonds is 4. The Balaban J connectivity index is 1.72. The minimum atomic E-state index is -3.31. The Labute approximate surface area is 196 Å². The number of nitrogens with zero attached hydrogens (tertiary/aromatic N) is 1. The van der Waals surface area contributed by atoms with Gasteiger partial charge in [0.05, 0.1) is 12.8 Å². The van der Waals surface area contributed by atoms with Crippen LogP contribution in [0.4, 0.5) is 13.2 Å². The predicted molar refractivity (Wildman–Crippen MR) is 119 cm³/mol. The Kier molecular flexibility index (Phi) is 5.82. The zero-order valence-electron chi connectivity index (χ0n) is 19.3. The van der Waals surface area contributed by atoms with Crippen LogP contribution in [-0.4, -0.2) is 36.1 Å². The van der Waals surface area contributed by atoms with Gasteiger partial charge in [0, 0.05) is 29.5 Å². The van der Waals surface area contributed by atoms with Crippen LogP contribution < -0.4 is 0 Å². The first kappa shape index (κ1) is 24.0. The molecule has 5 atom stereocenters. The van der Waals surface area contributed by atoms with Crippen molar-refractivity contribution in [3.05, 3.63) is 60.2 Å². The van der Waals surface area contributed by atoms with Gasteiger partial charge in [-0.15, -0.1) is 0 Å². The van der Waals surface area contributed by atoms with Crippen molar-refractivity contribution in [1.29, 1.82) is 0 Å². The van der Waals surface area contributed by atoms with E-state index in [1.807, 2.05) is 0 Å². The molecule has 1 saturated carbocycles. The number of methoxy groups -OCH3 is 1. The van der Waals surface area contributed by atoms with Crippen LogP contribution in [0.15, 0.2) is 48.7 Å². The molecule has 1 aliphatic heterocycles. The van der Waals surface area contributed by atoms with Gasteiger partial charge in [-0.2, -0.15) is 0 Å². The molecule has 5 nitrogen and oxygen atoms in total. The number of halogens is 3. The second-order valence-corrected chi connectivity index (χ2v) is 9.32. The van der Waals surface area contributed by atoms with E-state index in [4.69, 9.17) is 9.47 Å². The molecule has 1 saturated heterocycles. The number of aromatic nitrogens is 1. The van der Waals surface area contributed by atoms with Crippen LogP contribution in [0.2, 0.25) is 0 Å². The summed E-state index contributed by atoms with van der Waals surface area (Å²) in [6.07, 6.45) is 3.01. The van der Waals surface area contributed by atoms with Crippen LogP contribution >= 0.6 is 0 Å². The third kappa shape index (κ3) is 3.42. The van der Waals surface area contributed by atoms with Gasteiger partial charge in [0.15, 0.2) is 5.41 Å². The molecule has 2 aliphatic rings. The van der Waals surface area contributed by atoms with Gasteiger partial charge in [0.1, 0.15) is 11.9 Å². The van der Waals surface area contributed by atoms with Crippen LogP contribution in [0.5, 0.6) is 0 Å². The van der Waals surface area contributed by atoms with Gasteiger partial charge in [-0.05, 0) is 42.7 Å². The maximum absolute atomic E-state index is 15.2. The Morgan fingerprint density at radius 1 is 1.21 bits per heavy atom. The number of pyridine rings is 1. The lowest BCUT2D eigenvalue weighted by atomic mass is 9.48. The zero-order valence-corrected chi connectivity index (χ0v) is 19.3. The summed E-state index contributed by atoms with van der Waals surface area (Å²) >= 11 is 0. The first-order chi connectivity index (χ1) is 16.0. The van der Waals surface area contributed by atoms with Gasteiger partial charge in [-0.1, -0.05) is 38.1 Å². The number of fused-ring (bicyclic) bond motifs is 1. The van der Waals surface area contributed by atoms with Crippen molar-refractivity contribution in [2.45, 2.75) is 39.2 Å². The summed E-state index contributed by atoms with van der Waals surface area (Å²) in [6, 6.07) is 9.55. The largest absolute Gasteiger partial charge is 0.468 e. The van der Waals surface area contributed by atoms with Gasteiger partial charge in [0.2, 0.25) is 0 Å². The van der Waals surface area contributed by atoms with Crippen molar-refractivity contribution in [3.8, 4) is 11.1 Å². The molecule has 8 heteroatoms. The van der Waals surface area contributed by atoms with Crippen molar-refractivity contribution < 1.29 is 32.2 Å². The van der Waals surface area contributed by atoms with E-state index in [2.05, 4.69) is 4.98 Å². The number of hydrogen-bond acceptors (Lipinski definition) is 5. The van der Waals surface area contributed by atoms with Crippen LogP contribution in [0.3, 0.4) is 0 Å².